The fourth-order valence-electron chi connectivity index (χ4n) is 6.05. The summed E-state index contributed by atoms with van der Waals surface area (Å²) in [6.45, 7) is 0.0383. The van der Waals surface area contributed by atoms with E-state index in [1.165, 1.54) is 35.2 Å². The van der Waals surface area contributed by atoms with E-state index in [0.717, 1.165) is 12.1 Å². The summed E-state index contributed by atoms with van der Waals surface area (Å²) in [5.74, 6) is -2.75. The van der Waals surface area contributed by atoms with Crippen LogP contribution in [0.25, 0.3) is 0 Å². The van der Waals surface area contributed by atoms with Crippen molar-refractivity contribution in [2.24, 2.45) is 22.2 Å². The molecule has 3 unspecified atom stereocenters. The number of nitrogens with zero attached hydrogens (tertiary/aromatic N) is 2. The van der Waals surface area contributed by atoms with Crippen LogP contribution in [0.3, 0.4) is 0 Å². The van der Waals surface area contributed by atoms with Gasteiger partial charge in [0.1, 0.15) is 22.0 Å². The summed E-state index contributed by atoms with van der Waals surface area (Å²) in [5, 5.41) is 14.2. The van der Waals surface area contributed by atoms with E-state index in [2.05, 4.69) is 9.71 Å². The van der Waals surface area contributed by atoms with E-state index in [1.54, 1.807) is 0 Å². The predicted molar refractivity (Wildman–Crippen MR) is 138 cm³/mol. The molecular weight excluding hydrogens is 535 g/mol. The molecule has 2 aromatic carbocycles. The van der Waals surface area contributed by atoms with Crippen LogP contribution in [0, 0.1) is 23.6 Å². The van der Waals surface area contributed by atoms with Gasteiger partial charge in [-0.05, 0) is 67.0 Å². The number of nitrogens with one attached hydrogen (secondary N) is 2. The summed E-state index contributed by atoms with van der Waals surface area (Å²) in [5.41, 5.74) is -0.132. The lowest BCUT2D eigenvalue weighted by atomic mass is 9.77. The summed E-state index contributed by atoms with van der Waals surface area (Å²) in [7, 11) is -9.39. The van der Waals surface area contributed by atoms with Gasteiger partial charge in [-0.2, -0.15) is 8.42 Å². The fourth-order valence-corrected chi connectivity index (χ4v) is 7.63. The number of benzene rings is 2. The average molecular weight is 565 g/mol. The number of carbonyl (C=O) groups is 1. The second kappa shape index (κ2) is 8.53. The zero-order valence-electron chi connectivity index (χ0n) is 23.6. The minimum Gasteiger partial charge on any atom is -0.511 e. The second-order valence-electron chi connectivity index (χ2n) is 9.82. The van der Waals surface area contributed by atoms with Crippen molar-refractivity contribution in [2.45, 2.75) is 36.7 Å². The largest absolute Gasteiger partial charge is 0.511 e. The zero-order valence-corrected chi connectivity index (χ0v) is 21.3. The van der Waals surface area contributed by atoms with Crippen molar-refractivity contribution in [3.8, 4) is 0 Å². The number of amidine groups is 1. The lowest BCUT2D eigenvalue weighted by Gasteiger charge is -2.44. The standard InChI is InChI=1S/C25H25FN4O6S2/c1-37(33,34)28-17-8-9-18-19(11-17)38(35,36)29-24(27-18)21-23(31)20-14-4-5-15(10-14)22(20)30(25(21)32)12-13-2-6-16(26)7-3-13/h2-3,6-9,11,14-15,20,22,28,31H,4-5,10,12H2,1H3,(H,27,29)/t14-,15+,20?,22?/m0/s1/i1D3,5D/t5?,14-,15+,20?,22?. The van der Waals surface area contributed by atoms with Gasteiger partial charge in [0, 0.05) is 29.7 Å². The smallest absolute Gasteiger partial charge is 0.286 e. The van der Waals surface area contributed by atoms with Gasteiger partial charge < -0.3 is 15.3 Å². The monoisotopic (exact) mass is 564 g/mol. The number of hydrogen-bond acceptors (Lipinski definition) is 7. The molecule has 2 aromatic rings. The quantitative estimate of drug-likeness (QED) is 0.506. The van der Waals surface area contributed by atoms with Crippen molar-refractivity contribution in [3.63, 3.8) is 0 Å². The highest BCUT2D eigenvalue weighted by molar-refractivity contribution is 7.92. The Bertz CT molecular complexity index is 1780. The Kier molecular flexibility index (Phi) is 4.60. The SMILES string of the molecule is [2H]C1C[C@H]2C[C@@H]1C1C2C(O)=C(C2=NS(=O)(=O)c3cc(NS(=O)(=O)C([2H])([2H])[2H])ccc3N2)C(=O)N1Cc1ccc(F)cc1. The van der Waals surface area contributed by atoms with Crippen LogP contribution in [0.15, 0.2) is 63.1 Å². The molecule has 10 nitrogen and oxygen atoms in total. The van der Waals surface area contributed by atoms with Crippen molar-refractivity contribution >= 4 is 43.2 Å². The molecule has 1 amide bonds. The molecule has 0 aromatic heterocycles. The number of sulfonamides is 2. The minimum absolute atomic E-state index is 0.0383. The van der Waals surface area contributed by atoms with Crippen LogP contribution < -0.4 is 10.0 Å². The van der Waals surface area contributed by atoms with Crippen LogP contribution in [0.1, 0.15) is 30.3 Å². The van der Waals surface area contributed by atoms with Crippen LogP contribution in [-0.2, 0) is 31.4 Å². The molecule has 3 N–H and O–H groups in total. The third-order valence-electron chi connectivity index (χ3n) is 7.52. The number of rotatable bonds is 5. The number of amides is 1. The van der Waals surface area contributed by atoms with Crippen molar-refractivity contribution in [1.29, 1.82) is 0 Å². The maximum absolute atomic E-state index is 14.0. The summed E-state index contributed by atoms with van der Waals surface area (Å²) < 4.78 is 99.7. The molecule has 2 saturated carbocycles. The number of aliphatic hydroxyl groups is 1. The van der Waals surface area contributed by atoms with Crippen LogP contribution in [0.5, 0.6) is 0 Å². The number of carbonyl (C=O) groups excluding carboxylic acids is 1. The number of hydrogen-bond donors (Lipinski definition) is 3. The van der Waals surface area contributed by atoms with Gasteiger partial charge in [0.15, 0.2) is 5.84 Å². The number of halogens is 1. The third kappa shape index (κ3) is 4.13. The van der Waals surface area contributed by atoms with Gasteiger partial charge in [0.2, 0.25) is 10.0 Å². The molecule has 200 valence electrons. The Labute approximate surface area is 225 Å². The van der Waals surface area contributed by atoms with Gasteiger partial charge in [-0.1, -0.05) is 12.1 Å². The first kappa shape index (κ1) is 20.5. The Morgan fingerprint density at radius 3 is 2.76 bits per heavy atom. The Balaban J connectivity index is 1.39. The summed E-state index contributed by atoms with van der Waals surface area (Å²) in [6.07, 6.45) is -2.70. The highest BCUT2D eigenvalue weighted by atomic mass is 32.2. The van der Waals surface area contributed by atoms with E-state index in [0.29, 0.717) is 18.4 Å². The van der Waals surface area contributed by atoms with Crippen molar-refractivity contribution in [1.82, 2.24) is 4.90 Å². The summed E-state index contributed by atoms with van der Waals surface area (Å²) in [6, 6.07) is 8.29. The van der Waals surface area contributed by atoms with Gasteiger partial charge in [-0.3, -0.25) is 9.52 Å². The average Bonchev–Trinajstić information content (AvgIpc) is 3.44. The maximum atomic E-state index is 14.0. The molecule has 5 atom stereocenters. The third-order valence-corrected chi connectivity index (χ3v) is 9.34. The molecule has 2 aliphatic heterocycles. The normalized spacial score (nSPS) is 31.3. The van der Waals surface area contributed by atoms with E-state index in [4.69, 9.17) is 5.48 Å². The van der Waals surface area contributed by atoms with E-state index >= 15 is 0 Å². The molecule has 13 heteroatoms. The Morgan fingerprint density at radius 1 is 1.26 bits per heavy atom. The predicted octanol–water partition coefficient (Wildman–Crippen LogP) is 2.98. The number of anilines is 2. The summed E-state index contributed by atoms with van der Waals surface area (Å²) >= 11 is 0. The van der Waals surface area contributed by atoms with Crippen molar-refractivity contribution in [2.75, 3.05) is 16.2 Å². The van der Waals surface area contributed by atoms with Gasteiger partial charge in [-0.25, -0.2) is 12.8 Å². The highest BCUT2D eigenvalue weighted by Crippen LogP contribution is 2.55. The van der Waals surface area contributed by atoms with E-state index in [-0.39, 0.29) is 41.1 Å². The lowest BCUT2D eigenvalue weighted by molar-refractivity contribution is -0.134. The van der Waals surface area contributed by atoms with E-state index in [1.807, 2.05) is 4.72 Å². The Morgan fingerprint density at radius 2 is 2.03 bits per heavy atom. The molecule has 0 saturated heterocycles. The van der Waals surface area contributed by atoms with E-state index in [9.17, 15) is 31.1 Å². The molecule has 2 fully saturated rings. The Hall–Kier alpha value is -3.45. The first-order chi connectivity index (χ1) is 19.6. The first-order valence-corrected chi connectivity index (χ1v) is 14.7. The minimum atomic E-state index is -4.83. The molecule has 4 aliphatic rings. The number of aliphatic hydroxyl groups excluding tert-OH is 1. The molecule has 38 heavy (non-hydrogen) atoms. The van der Waals surface area contributed by atoms with Crippen molar-refractivity contribution < 1.29 is 36.6 Å². The lowest BCUT2D eigenvalue weighted by Crippen LogP contribution is -2.53. The first-order valence-electron chi connectivity index (χ1n) is 13.8. The molecule has 2 bridgehead atoms. The van der Waals surface area contributed by atoms with Crippen LogP contribution >= 0.6 is 0 Å². The number of fused-ring (bicyclic) bond motifs is 6. The van der Waals surface area contributed by atoms with Gasteiger partial charge in [0.25, 0.3) is 15.9 Å². The van der Waals surface area contributed by atoms with Gasteiger partial charge in [0.05, 0.1) is 11.9 Å². The van der Waals surface area contributed by atoms with Crippen molar-refractivity contribution in [3.05, 3.63) is 65.2 Å². The topological polar surface area (TPSA) is 145 Å². The molecule has 6 rings (SSSR count). The molecule has 0 radical (unpaired) electrons. The van der Waals surface area contributed by atoms with Crippen LogP contribution in [-0.4, -0.2) is 50.8 Å². The van der Waals surface area contributed by atoms with Crippen LogP contribution in [0.2, 0.25) is 0 Å². The highest BCUT2D eigenvalue weighted by Gasteiger charge is 2.57. The molecule has 0 spiro atoms. The van der Waals surface area contributed by atoms with Crippen LogP contribution in [0.4, 0.5) is 15.8 Å². The zero-order chi connectivity index (χ0) is 30.4. The maximum Gasteiger partial charge on any atom is 0.286 e. The van der Waals surface area contributed by atoms with Gasteiger partial charge >= 0.3 is 0 Å². The molecule has 2 aliphatic carbocycles. The van der Waals surface area contributed by atoms with Gasteiger partial charge in [-0.15, -0.1) is 4.40 Å². The molecule has 2 heterocycles. The fraction of sp³-hybridized carbons (Fsp3) is 0.360. The summed E-state index contributed by atoms with van der Waals surface area (Å²) in [4.78, 5) is 15.0. The second-order valence-corrected chi connectivity index (χ2v) is 12.6. The van der Waals surface area contributed by atoms with E-state index < -0.39 is 67.0 Å². The molecular formula is C25H25FN4O6S2.